The standard InChI is InChI=1S/C13H17NO2/c1-2-16-13(15)12-11-8-4-3-6-10(11)7-5-9-14-12/h3-4,6,8,12,14H,2,5,7,9H2,1H3. The van der Waals surface area contributed by atoms with Crippen molar-refractivity contribution in [3.63, 3.8) is 0 Å². The van der Waals surface area contributed by atoms with Crippen LogP contribution in [0.15, 0.2) is 24.3 Å². The molecule has 0 aromatic heterocycles. The fourth-order valence-corrected chi connectivity index (χ4v) is 2.11. The molecular formula is C13H17NO2. The molecule has 0 bridgehead atoms. The van der Waals surface area contributed by atoms with Gasteiger partial charge in [-0.05, 0) is 37.4 Å². The molecule has 1 atom stereocenters. The topological polar surface area (TPSA) is 38.3 Å². The summed E-state index contributed by atoms with van der Waals surface area (Å²) < 4.78 is 5.09. The fourth-order valence-electron chi connectivity index (χ4n) is 2.11. The van der Waals surface area contributed by atoms with Gasteiger partial charge in [-0.3, -0.25) is 0 Å². The average molecular weight is 219 g/mol. The Hall–Kier alpha value is -1.35. The van der Waals surface area contributed by atoms with E-state index in [-0.39, 0.29) is 12.0 Å². The maximum absolute atomic E-state index is 11.8. The molecular weight excluding hydrogens is 202 g/mol. The Morgan fingerprint density at radius 1 is 1.50 bits per heavy atom. The van der Waals surface area contributed by atoms with E-state index in [4.69, 9.17) is 4.74 Å². The zero-order valence-corrected chi connectivity index (χ0v) is 9.53. The van der Waals surface area contributed by atoms with Gasteiger partial charge in [0.05, 0.1) is 6.61 Å². The minimum Gasteiger partial charge on any atom is -0.465 e. The highest BCUT2D eigenvalue weighted by Crippen LogP contribution is 2.23. The molecule has 1 N–H and O–H groups in total. The molecule has 86 valence electrons. The number of nitrogens with one attached hydrogen (secondary N) is 1. The van der Waals surface area contributed by atoms with Crippen LogP contribution in [0.4, 0.5) is 0 Å². The highest BCUT2D eigenvalue weighted by molar-refractivity contribution is 5.78. The number of aryl methyl sites for hydroxylation is 1. The number of carbonyl (C=O) groups is 1. The van der Waals surface area contributed by atoms with Gasteiger partial charge >= 0.3 is 5.97 Å². The predicted molar refractivity (Wildman–Crippen MR) is 62.1 cm³/mol. The van der Waals surface area contributed by atoms with E-state index < -0.39 is 0 Å². The first-order chi connectivity index (χ1) is 7.83. The summed E-state index contributed by atoms with van der Waals surface area (Å²) in [6, 6.07) is 7.80. The molecule has 0 spiro atoms. The van der Waals surface area contributed by atoms with E-state index in [1.54, 1.807) is 0 Å². The van der Waals surface area contributed by atoms with Gasteiger partial charge in [-0.15, -0.1) is 0 Å². The third kappa shape index (κ3) is 2.25. The van der Waals surface area contributed by atoms with Crippen molar-refractivity contribution in [2.75, 3.05) is 13.2 Å². The van der Waals surface area contributed by atoms with Crippen LogP contribution in [0.2, 0.25) is 0 Å². The number of ether oxygens (including phenoxy) is 1. The van der Waals surface area contributed by atoms with Crippen molar-refractivity contribution in [1.82, 2.24) is 5.32 Å². The quantitative estimate of drug-likeness (QED) is 0.771. The molecule has 0 amide bonds. The van der Waals surface area contributed by atoms with Crippen LogP contribution in [0.1, 0.15) is 30.5 Å². The van der Waals surface area contributed by atoms with E-state index in [0.29, 0.717) is 6.61 Å². The van der Waals surface area contributed by atoms with E-state index >= 15 is 0 Å². The van der Waals surface area contributed by atoms with Gasteiger partial charge in [-0.1, -0.05) is 24.3 Å². The molecule has 0 saturated carbocycles. The van der Waals surface area contributed by atoms with Crippen molar-refractivity contribution in [1.29, 1.82) is 0 Å². The van der Waals surface area contributed by atoms with Crippen molar-refractivity contribution in [2.45, 2.75) is 25.8 Å². The number of hydrogen-bond donors (Lipinski definition) is 1. The van der Waals surface area contributed by atoms with Crippen LogP contribution in [-0.4, -0.2) is 19.1 Å². The molecule has 0 fully saturated rings. The molecule has 1 aliphatic rings. The highest BCUT2D eigenvalue weighted by Gasteiger charge is 2.25. The van der Waals surface area contributed by atoms with Gasteiger partial charge in [0.1, 0.15) is 6.04 Å². The van der Waals surface area contributed by atoms with Gasteiger partial charge in [0, 0.05) is 0 Å². The molecule has 0 aliphatic carbocycles. The number of hydrogen-bond acceptors (Lipinski definition) is 3. The second kappa shape index (κ2) is 5.12. The minimum atomic E-state index is -0.293. The Labute approximate surface area is 95.8 Å². The predicted octanol–water partition coefficient (Wildman–Crippen LogP) is 1.83. The van der Waals surface area contributed by atoms with Gasteiger partial charge in [0.25, 0.3) is 0 Å². The van der Waals surface area contributed by atoms with Crippen molar-refractivity contribution in [3.05, 3.63) is 35.4 Å². The van der Waals surface area contributed by atoms with Crippen molar-refractivity contribution < 1.29 is 9.53 Å². The minimum absolute atomic E-state index is 0.170. The maximum atomic E-state index is 11.8. The summed E-state index contributed by atoms with van der Waals surface area (Å²) in [6.07, 6.45) is 2.09. The van der Waals surface area contributed by atoms with E-state index in [9.17, 15) is 4.79 Å². The van der Waals surface area contributed by atoms with Gasteiger partial charge in [-0.25, -0.2) is 4.79 Å². The van der Waals surface area contributed by atoms with E-state index in [1.165, 1.54) is 5.56 Å². The van der Waals surface area contributed by atoms with Gasteiger partial charge in [-0.2, -0.15) is 0 Å². The SMILES string of the molecule is CCOC(=O)C1NCCCc2ccccc21. The Balaban J connectivity index is 2.28. The molecule has 1 heterocycles. The van der Waals surface area contributed by atoms with Crippen LogP contribution in [0, 0.1) is 0 Å². The maximum Gasteiger partial charge on any atom is 0.327 e. The van der Waals surface area contributed by atoms with Crippen LogP contribution < -0.4 is 5.32 Å². The summed E-state index contributed by atoms with van der Waals surface area (Å²) in [6.45, 7) is 3.12. The zero-order chi connectivity index (χ0) is 11.4. The molecule has 1 aromatic carbocycles. The number of benzene rings is 1. The number of esters is 1. The molecule has 3 nitrogen and oxygen atoms in total. The molecule has 1 aromatic rings. The lowest BCUT2D eigenvalue weighted by molar-refractivity contribution is -0.145. The number of carbonyl (C=O) groups excluding carboxylic acids is 1. The lowest BCUT2D eigenvalue weighted by Crippen LogP contribution is -2.30. The monoisotopic (exact) mass is 219 g/mol. The molecule has 0 saturated heterocycles. The van der Waals surface area contributed by atoms with E-state index in [0.717, 1.165) is 24.9 Å². The third-order valence-electron chi connectivity index (χ3n) is 2.86. The van der Waals surface area contributed by atoms with E-state index in [2.05, 4.69) is 11.4 Å². The molecule has 3 heteroatoms. The second-order valence-electron chi connectivity index (χ2n) is 3.94. The van der Waals surface area contributed by atoms with Gasteiger partial charge in [0.15, 0.2) is 0 Å². The Bertz CT molecular complexity index is 376. The lowest BCUT2D eigenvalue weighted by Gasteiger charge is -2.16. The lowest BCUT2D eigenvalue weighted by atomic mass is 9.99. The molecule has 0 radical (unpaired) electrons. The summed E-state index contributed by atoms with van der Waals surface area (Å²) in [5.74, 6) is -0.170. The normalized spacial score (nSPS) is 19.7. The summed E-state index contributed by atoms with van der Waals surface area (Å²) in [7, 11) is 0. The third-order valence-corrected chi connectivity index (χ3v) is 2.86. The van der Waals surface area contributed by atoms with Gasteiger partial charge in [0.2, 0.25) is 0 Å². The second-order valence-corrected chi connectivity index (χ2v) is 3.94. The van der Waals surface area contributed by atoms with E-state index in [1.807, 2.05) is 25.1 Å². The van der Waals surface area contributed by atoms with Crippen molar-refractivity contribution in [2.24, 2.45) is 0 Å². The first kappa shape index (κ1) is 11.1. The summed E-state index contributed by atoms with van der Waals surface area (Å²) >= 11 is 0. The largest absolute Gasteiger partial charge is 0.465 e. The molecule has 2 rings (SSSR count). The Kier molecular flexibility index (Phi) is 3.57. The number of rotatable bonds is 2. The van der Waals surface area contributed by atoms with Crippen LogP contribution in [-0.2, 0) is 16.0 Å². The summed E-state index contributed by atoms with van der Waals surface area (Å²) in [5, 5.41) is 3.25. The summed E-state index contributed by atoms with van der Waals surface area (Å²) in [4.78, 5) is 11.8. The highest BCUT2D eigenvalue weighted by atomic mass is 16.5. The Morgan fingerprint density at radius 2 is 2.31 bits per heavy atom. The molecule has 16 heavy (non-hydrogen) atoms. The molecule has 1 unspecified atom stereocenters. The van der Waals surface area contributed by atoms with Crippen molar-refractivity contribution >= 4 is 5.97 Å². The van der Waals surface area contributed by atoms with Crippen LogP contribution >= 0.6 is 0 Å². The Morgan fingerprint density at radius 3 is 3.12 bits per heavy atom. The number of fused-ring (bicyclic) bond motifs is 1. The fraction of sp³-hybridized carbons (Fsp3) is 0.462. The van der Waals surface area contributed by atoms with Crippen LogP contribution in [0.3, 0.4) is 0 Å². The van der Waals surface area contributed by atoms with Crippen LogP contribution in [0.25, 0.3) is 0 Å². The smallest absolute Gasteiger partial charge is 0.327 e. The van der Waals surface area contributed by atoms with Gasteiger partial charge < -0.3 is 10.1 Å². The van der Waals surface area contributed by atoms with Crippen molar-refractivity contribution in [3.8, 4) is 0 Å². The molecule has 1 aliphatic heterocycles. The summed E-state index contributed by atoms with van der Waals surface area (Å²) in [5.41, 5.74) is 2.32. The zero-order valence-electron chi connectivity index (χ0n) is 9.53. The van der Waals surface area contributed by atoms with Crippen LogP contribution in [0.5, 0.6) is 0 Å². The average Bonchev–Trinajstić information content (AvgIpc) is 2.51. The first-order valence-corrected chi connectivity index (χ1v) is 5.80. The first-order valence-electron chi connectivity index (χ1n) is 5.80.